The fourth-order valence-electron chi connectivity index (χ4n) is 4.50. The zero-order valence-corrected chi connectivity index (χ0v) is 19.0. The number of hydrogen-bond donors (Lipinski definition) is 2. The van der Waals surface area contributed by atoms with Gasteiger partial charge in [0.25, 0.3) is 5.91 Å². The molecule has 2 aromatic rings. The maximum absolute atomic E-state index is 13.1. The van der Waals surface area contributed by atoms with Gasteiger partial charge in [-0.15, -0.1) is 0 Å². The van der Waals surface area contributed by atoms with Crippen LogP contribution in [0.4, 0.5) is 10.5 Å². The molecule has 2 saturated heterocycles. The first kappa shape index (κ1) is 22.8. The van der Waals surface area contributed by atoms with Crippen LogP contribution in [0.3, 0.4) is 0 Å². The van der Waals surface area contributed by atoms with E-state index in [0.717, 1.165) is 31.2 Å². The van der Waals surface area contributed by atoms with Crippen LogP contribution in [0.5, 0.6) is 0 Å². The molecule has 0 atom stereocenters. The van der Waals surface area contributed by atoms with Crippen molar-refractivity contribution in [2.75, 3.05) is 31.6 Å². The van der Waals surface area contributed by atoms with Gasteiger partial charge in [0.2, 0.25) is 0 Å². The number of ether oxygens (including phenoxy) is 1. The molecule has 0 aromatic heterocycles. The second-order valence-electron chi connectivity index (χ2n) is 8.82. The first-order valence-corrected chi connectivity index (χ1v) is 11.6. The number of nitrogens with one attached hydrogen (secondary N) is 2. The van der Waals surface area contributed by atoms with E-state index in [1.807, 2.05) is 48.2 Å². The normalized spacial score (nSPS) is 17.3. The molecular weight excluding hydrogens is 416 g/mol. The number of urea groups is 1. The van der Waals surface area contributed by atoms with Gasteiger partial charge in [0.1, 0.15) is 0 Å². The van der Waals surface area contributed by atoms with Gasteiger partial charge in [0.15, 0.2) is 0 Å². The number of likely N-dealkylation sites (tertiary alicyclic amines) is 1. The zero-order chi connectivity index (χ0) is 23.2. The van der Waals surface area contributed by atoms with Crippen molar-refractivity contribution in [3.05, 3.63) is 64.7 Å². The number of nitrogens with zero attached hydrogens (tertiary/aromatic N) is 2. The molecule has 2 aromatic carbocycles. The Labute approximate surface area is 194 Å². The van der Waals surface area contributed by atoms with Crippen molar-refractivity contribution >= 4 is 17.6 Å². The molecule has 0 aliphatic carbocycles. The molecule has 7 nitrogen and oxygen atoms in total. The molecule has 4 rings (SSSR count). The molecule has 0 bridgehead atoms. The molecule has 172 valence electrons. The third-order valence-corrected chi connectivity index (χ3v) is 6.58. The van der Waals surface area contributed by atoms with E-state index in [0.29, 0.717) is 49.0 Å². The lowest BCUT2D eigenvalue weighted by atomic mass is 9.89. The average molecular weight is 447 g/mol. The number of rotatable bonds is 4. The van der Waals surface area contributed by atoms with Crippen LogP contribution < -0.4 is 10.6 Å². The molecule has 2 aliphatic rings. The van der Waals surface area contributed by atoms with Crippen molar-refractivity contribution in [3.63, 3.8) is 0 Å². The summed E-state index contributed by atoms with van der Waals surface area (Å²) in [5, 5.41) is 14.9. The van der Waals surface area contributed by atoms with Crippen LogP contribution in [0.1, 0.15) is 58.6 Å². The minimum absolute atomic E-state index is 0.0128. The van der Waals surface area contributed by atoms with E-state index in [-0.39, 0.29) is 18.0 Å². The standard InChI is InChI=1S/C26H30N4O3/c1-18-2-5-22(16-24(18)29-26(32)28-23-10-14-33-15-11-23)25(31)30-12-8-21(9-13-30)20-6-3-19(17-27)4-7-20/h2-7,16,21,23H,8-15H2,1H3,(H2,28,29,32). The van der Waals surface area contributed by atoms with Gasteiger partial charge in [-0.2, -0.15) is 5.26 Å². The molecule has 33 heavy (non-hydrogen) atoms. The second kappa shape index (κ2) is 10.5. The Morgan fingerprint density at radius 3 is 2.39 bits per heavy atom. The lowest BCUT2D eigenvalue weighted by molar-refractivity contribution is 0.0713. The van der Waals surface area contributed by atoms with E-state index in [4.69, 9.17) is 10.00 Å². The van der Waals surface area contributed by atoms with Crippen molar-refractivity contribution in [2.45, 2.75) is 44.6 Å². The Bertz CT molecular complexity index is 1030. The number of anilines is 1. The van der Waals surface area contributed by atoms with Gasteiger partial charge in [-0.1, -0.05) is 18.2 Å². The van der Waals surface area contributed by atoms with Gasteiger partial charge in [-0.25, -0.2) is 4.79 Å². The van der Waals surface area contributed by atoms with Gasteiger partial charge >= 0.3 is 6.03 Å². The number of carbonyl (C=O) groups excluding carboxylic acids is 2. The van der Waals surface area contributed by atoms with Gasteiger partial charge in [-0.05, 0) is 73.9 Å². The minimum atomic E-state index is -0.252. The molecular formula is C26H30N4O3. The van der Waals surface area contributed by atoms with Gasteiger partial charge < -0.3 is 20.3 Å². The van der Waals surface area contributed by atoms with E-state index < -0.39 is 0 Å². The minimum Gasteiger partial charge on any atom is -0.381 e. The summed E-state index contributed by atoms with van der Waals surface area (Å²) in [5.74, 6) is 0.382. The van der Waals surface area contributed by atoms with Gasteiger partial charge in [0, 0.05) is 43.6 Å². The maximum Gasteiger partial charge on any atom is 0.319 e. The molecule has 2 fully saturated rings. The third-order valence-electron chi connectivity index (χ3n) is 6.58. The smallest absolute Gasteiger partial charge is 0.319 e. The summed E-state index contributed by atoms with van der Waals surface area (Å²) in [6.45, 7) is 4.61. The Kier molecular flexibility index (Phi) is 7.26. The second-order valence-corrected chi connectivity index (χ2v) is 8.82. The third kappa shape index (κ3) is 5.71. The van der Waals surface area contributed by atoms with Crippen LogP contribution in [0, 0.1) is 18.3 Å². The molecule has 2 heterocycles. The lowest BCUT2D eigenvalue weighted by Crippen LogP contribution is -2.41. The number of aryl methyl sites for hydroxylation is 1. The van der Waals surface area contributed by atoms with Crippen LogP contribution in [0.25, 0.3) is 0 Å². The quantitative estimate of drug-likeness (QED) is 0.736. The fraction of sp³-hybridized carbons (Fsp3) is 0.423. The Hall–Kier alpha value is -3.37. The first-order valence-electron chi connectivity index (χ1n) is 11.6. The van der Waals surface area contributed by atoms with Crippen LogP contribution in [0.15, 0.2) is 42.5 Å². The average Bonchev–Trinajstić information content (AvgIpc) is 2.86. The molecule has 2 N–H and O–H groups in total. The van der Waals surface area contributed by atoms with Crippen LogP contribution in [-0.2, 0) is 4.74 Å². The molecule has 0 spiro atoms. The highest BCUT2D eigenvalue weighted by Crippen LogP contribution is 2.29. The summed E-state index contributed by atoms with van der Waals surface area (Å²) in [5.41, 5.74) is 4.03. The predicted octanol–water partition coefficient (Wildman–Crippen LogP) is 4.19. The summed E-state index contributed by atoms with van der Waals surface area (Å²) >= 11 is 0. The summed E-state index contributed by atoms with van der Waals surface area (Å²) in [6.07, 6.45) is 3.40. The Morgan fingerprint density at radius 1 is 1.03 bits per heavy atom. The van der Waals surface area contributed by atoms with Crippen LogP contribution in [-0.4, -0.2) is 49.2 Å². The zero-order valence-electron chi connectivity index (χ0n) is 19.0. The molecule has 0 radical (unpaired) electrons. The fourth-order valence-corrected chi connectivity index (χ4v) is 4.50. The highest BCUT2D eigenvalue weighted by atomic mass is 16.5. The van der Waals surface area contributed by atoms with E-state index in [9.17, 15) is 9.59 Å². The van der Waals surface area contributed by atoms with Gasteiger partial charge in [-0.3, -0.25) is 4.79 Å². The number of nitriles is 1. The van der Waals surface area contributed by atoms with E-state index in [1.54, 1.807) is 6.07 Å². The number of piperidine rings is 1. The van der Waals surface area contributed by atoms with E-state index in [1.165, 1.54) is 5.56 Å². The lowest BCUT2D eigenvalue weighted by Gasteiger charge is -2.32. The molecule has 7 heteroatoms. The molecule has 0 unspecified atom stereocenters. The van der Waals surface area contributed by atoms with Crippen molar-refractivity contribution in [3.8, 4) is 6.07 Å². The number of amides is 3. The summed E-state index contributed by atoms with van der Waals surface area (Å²) in [7, 11) is 0. The highest BCUT2D eigenvalue weighted by Gasteiger charge is 2.25. The predicted molar refractivity (Wildman–Crippen MR) is 126 cm³/mol. The van der Waals surface area contributed by atoms with Crippen molar-refractivity contribution < 1.29 is 14.3 Å². The largest absolute Gasteiger partial charge is 0.381 e. The van der Waals surface area contributed by atoms with E-state index >= 15 is 0 Å². The maximum atomic E-state index is 13.1. The molecule has 3 amide bonds. The summed E-state index contributed by atoms with van der Waals surface area (Å²) < 4.78 is 5.33. The molecule has 0 saturated carbocycles. The summed E-state index contributed by atoms with van der Waals surface area (Å²) in [4.78, 5) is 27.5. The van der Waals surface area contributed by atoms with Crippen LogP contribution in [0.2, 0.25) is 0 Å². The van der Waals surface area contributed by atoms with Crippen LogP contribution >= 0.6 is 0 Å². The number of carbonyl (C=O) groups is 2. The topological polar surface area (TPSA) is 94.5 Å². The monoisotopic (exact) mass is 446 g/mol. The first-order chi connectivity index (χ1) is 16.0. The Balaban J connectivity index is 1.35. The van der Waals surface area contributed by atoms with Gasteiger partial charge in [0.05, 0.1) is 11.6 Å². The number of benzene rings is 2. The van der Waals surface area contributed by atoms with Crippen molar-refractivity contribution in [1.29, 1.82) is 5.26 Å². The SMILES string of the molecule is Cc1ccc(C(=O)N2CCC(c3ccc(C#N)cc3)CC2)cc1NC(=O)NC1CCOCC1. The summed E-state index contributed by atoms with van der Waals surface area (Å²) in [6, 6.07) is 15.2. The highest BCUT2D eigenvalue weighted by molar-refractivity contribution is 5.97. The van der Waals surface area contributed by atoms with Crippen molar-refractivity contribution in [1.82, 2.24) is 10.2 Å². The van der Waals surface area contributed by atoms with Crippen molar-refractivity contribution in [2.24, 2.45) is 0 Å². The number of hydrogen-bond acceptors (Lipinski definition) is 4. The van der Waals surface area contributed by atoms with E-state index in [2.05, 4.69) is 16.7 Å². The Morgan fingerprint density at radius 2 is 1.73 bits per heavy atom. The molecule has 2 aliphatic heterocycles.